The van der Waals surface area contributed by atoms with Gasteiger partial charge < -0.3 is 10.1 Å². The summed E-state index contributed by atoms with van der Waals surface area (Å²) in [6, 6.07) is 0. The second-order valence-corrected chi connectivity index (χ2v) is 6.40. The monoisotopic (exact) mass is 271 g/mol. The average Bonchev–Trinajstić information content (AvgIpc) is 2.22. The Kier molecular flexibility index (Phi) is 4.75. The number of hydroxylamine groups is 2. The van der Waals surface area contributed by atoms with Crippen LogP contribution in [0.1, 0.15) is 40.5 Å². The summed E-state index contributed by atoms with van der Waals surface area (Å²) < 4.78 is 5.72. The second-order valence-electron chi connectivity index (χ2n) is 6.02. The van der Waals surface area contributed by atoms with Crippen molar-refractivity contribution in [2.45, 2.75) is 57.7 Å². The minimum Gasteiger partial charge on any atom is -0.468 e. The Bertz CT molecular complexity index is 311. The molecular weight excluding hydrogens is 248 g/mol. The van der Waals surface area contributed by atoms with Crippen LogP contribution >= 0.6 is 12.2 Å². The summed E-state index contributed by atoms with van der Waals surface area (Å²) >= 11 is 5.11. The lowest BCUT2D eigenvalue weighted by molar-refractivity contribution is -0.297. The van der Waals surface area contributed by atoms with Crippen LogP contribution in [0, 0.1) is 0 Å². The minimum absolute atomic E-state index is 0.0231. The van der Waals surface area contributed by atoms with Gasteiger partial charge in [-0.1, -0.05) is 6.08 Å². The van der Waals surface area contributed by atoms with Gasteiger partial charge in [-0.15, -0.1) is 16.8 Å². The standard InChI is InChI=1S/C13H23N2O2S/c1-6-7-14-11(18)17-10-8-12(2,3)15(16)13(4,5)9-10/h6,10H,1,7-9H2,2-5H3,(H,14,18). The zero-order valence-electron chi connectivity index (χ0n) is 11.7. The van der Waals surface area contributed by atoms with E-state index in [-0.39, 0.29) is 6.10 Å². The van der Waals surface area contributed by atoms with Gasteiger partial charge in [0, 0.05) is 30.5 Å². The summed E-state index contributed by atoms with van der Waals surface area (Å²) in [5.74, 6) is 0. The van der Waals surface area contributed by atoms with Gasteiger partial charge in [0.1, 0.15) is 6.10 Å². The van der Waals surface area contributed by atoms with Crippen molar-refractivity contribution in [2.24, 2.45) is 0 Å². The van der Waals surface area contributed by atoms with Crippen molar-refractivity contribution in [3.05, 3.63) is 12.7 Å². The van der Waals surface area contributed by atoms with Crippen LogP contribution < -0.4 is 5.32 Å². The van der Waals surface area contributed by atoms with E-state index in [0.29, 0.717) is 24.6 Å². The van der Waals surface area contributed by atoms with E-state index in [1.165, 1.54) is 5.06 Å². The molecule has 0 bridgehead atoms. The summed E-state index contributed by atoms with van der Waals surface area (Å²) in [6.45, 7) is 12.0. The van der Waals surface area contributed by atoms with E-state index >= 15 is 0 Å². The summed E-state index contributed by atoms with van der Waals surface area (Å²) in [6.07, 6.45) is 3.06. The quantitative estimate of drug-likeness (QED) is 0.632. The molecule has 5 heteroatoms. The van der Waals surface area contributed by atoms with Crippen LogP contribution in [0.4, 0.5) is 0 Å². The molecule has 0 aromatic carbocycles. The summed E-state index contributed by atoms with van der Waals surface area (Å²) in [5.41, 5.74) is -0.860. The van der Waals surface area contributed by atoms with Gasteiger partial charge in [-0.05, 0) is 39.9 Å². The Morgan fingerprint density at radius 3 is 2.39 bits per heavy atom. The third-order valence-electron chi connectivity index (χ3n) is 3.22. The average molecular weight is 271 g/mol. The van der Waals surface area contributed by atoms with Gasteiger partial charge in [0.15, 0.2) is 0 Å². The maximum atomic E-state index is 12.2. The fourth-order valence-electron chi connectivity index (χ4n) is 2.60. The molecule has 0 atom stereocenters. The Morgan fingerprint density at radius 1 is 1.44 bits per heavy atom. The van der Waals surface area contributed by atoms with Crippen LogP contribution in [0.15, 0.2) is 12.7 Å². The van der Waals surface area contributed by atoms with Gasteiger partial charge in [0.05, 0.1) is 0 Å². The lowest BCUT2D eigenvalue weighted by atomic mass is 9.80. The maximum Gasteiger partial charge on any atom is 0.257 e. The molecule has 0 aromatic heterocycles. The van der Waals surface area contributed by atoms with Crippen LogP contribution in [-0.4, -0.2) is 34.0 Å². The van der Waals surface area contributed by atoms with Crippen LogP contribution in [0.5, 0.6) is 0 Å². The molecule has 0 saturated carbocycles. The summed E-state index contributed by atoms with van der Waals surface area (Å²) in [5, 5.41) is 16.7. The highest BCUT2D eigenvalue weighted by atomic mass is 32.1. The number of nitrogens with one attached hydrogen (secondary N) is 1. The Labute approximate surface area is 115 Å². The highest BCUT2D eigenvalue weighted by Gasteiger charge is 2.47. The minimum atomic E-state index is -0.430. The molecule has 0 unspecified atom stereocenters. The molecular formula is C13H23N2O2S. The van der Waals surface area contributed by atoms with Gasteiger partial charge >= 0.3 is 0 Å². The second kappa shape index (κ2) is 5.55. The third-order valence-corrected chi connectivity index (χ3v) is 3.46. The molecule has 1 radical (unpaired) electrons. The Morgan fingerprint density at radius 2 is 1.94 bits per heavy atom. The highest BCUT2D eigenvalue weighted by Crippen LogP contribution is 2.38. The van der Waals surface area contributed by atoms with E-state index in [9.17, 15) is 5.21 Å². The number of thiocarbonyl (C=S) groups is 1. The van der Waals surface area contributed by atoms with Crippen molar-refractivity contribution >= 4 is 17.4 Å². The smallest absolute Gasteiger partial charge is 0.257 e. The topological polar surface area (TPSA) is 44.4 Å². The first-order valence-corrected chi connectivity index (χ1v) is 6.63. The summed E-state index contributed by atoms with van der Waals surface area (Å²) in [7, 11) is 0. The normalized spacial score (nSPS) is 23.4. The molecule has 0 spiro atoms. The lowest BCUT2D eigenvalue weighted by Gasteiger charge is -2.49. The zero-order chi connectivity index (χ0) is 14.0. The molecule has 1 saturated heterocycles. The Hall–Kier alpha value is -0.650. The van der Waals surface area contributed by atoms with Crippen LogP contribution in [0.3, 0.4) is 0 Å². The predicted octanol–water partition coefficient (Wildman–Crippen LogP) is 2.43. The first-order chi connectivity index (χ1) is 8.19. The molecule has 1 aliphatic heterocycles. The van der Waals surface area contributed by atoms with Gasteiger partial charge in [0.25, 0.3) is 5.17 Å². The molecule has 103 valence electrons. The number of ether oxygens (including phenoxy) is 1. The fourth-order valence-corrected chi connectivity index (χ4v) is 2.82. The first kappa shape index (κ1) is 15.4. The van der Waals surface area contributed by atoms with E-state index in [0.717, 1.165) is 0 Å². The van der Waals surface area contributed by atoms with E-state index in [1.54, 1.807) is 6.08 Å². The number of nitrogens with zero attached hydrogens (tertiary/aromatic N) is 1. The van der Waals surface area contributed by atoms with E-state index in [2.05, 4.69) is 11.9 Å². The molecule has 1 aliphatic rings. The first-order valence-electron chi connectivity index (χ1n) is 6.22. The van der Waals surface area contributed by atoms with Gasteiger partial charge in [0.2, 0.25) is 0 Å². The van der Waals surface area contributed by atoms with Crippen molar-refractivity contribution in [1.29, 1.82) is 0 Å². The number of hydrogen-bond acceptors (Lipinski definition) is 3. The molecule has 18 heavy (non-hydrogen) atoms. The van der Waals surface area contributed by atoms with E-state index < -0.39 is 11.1 Å². The van der Waals surface area contributed by atoms with Crippen LogP contribution in [-0.2, 0) is 9.94 Å². The molecule has 0 aromatic rings. The SMILES string of the molecule is C=CCNC(=S)OC1CC(C)(C)N([O])C(C)(C)C1. The highest BCUT2D eigenvalue weighted by molar-refractivity contribution is 7.80. The lowest BCUT2D eigenvalue weighted by Crippen LogP contribution is -2.60. The maximum absolute atomic E-state index is 12.2. The van der Waals surface area contributed by atoms with Crippen LogP contribution in [0.2, 0.25) is 0 Å². The third kappa shape index (κ3) is 3.67. The number of rotatable bonds is 3. The van der Waals surface area contributed by atoms with E-state index in [4.69, 9.17) is 17.0 Å². The molecule has 1 N–H and O–H groups in total. The Balaban J connectivity index is 2.63. The fraction of sp³-hybridized carbons (Fsp3) is 0.769. The predicted molar refractivity (Wildman–Crippen MR) is 75.6 cm³/mol. The van der Waals surface area contributed by atoms with Crippen LogP contribution in [0.25, 0.3) is 0 Å². The van der Waals surface area contributed by atoms with Crippen molar-refractivity contribution in [3.63, 3.8) is 0 Å². The van der Waals surface area contributed by atoms with Gasteiger partial charge in [-0.3, -0.25) is 0 Å². The summed E-state index contributed by atoms with van der Waals surface area (Å²) in [4.78, 5) is 0. The van der Waals surface area contributed by atoms with Crippen molar-refractivity contribution in [1.82, 2.24) is 10.4 Å². The van der Waals surface area contributed by atoms with Crippen molar-refractivity contribution < 1.29 is 9.94 Å². The zero-order valence-corrected chi connectivity index (χ0v) is 12.5. The van der Waals surface area contributed by atoms with Crippen molar-refractivity contribution in [3.8, 4) is 0 Å². The van der Waals surface area contributed by atoms with E-state index in [1.807, 2.05) is 27.7 Å². The molecule has 1 rings (SSSR count). The van der Waals surface area contributed by atoms with Gasteiger partial charge in [-0.2, -0.15) is 0 Å². The van der Waals surface area contributed by atoms with Crippen molar-refractivity contribution in [2.75, 3.05) is 6.54 Å². The molecule has 0 aliphatic carbocycles. The number of hydrogen-bond donors (Lipinski definition) is 1. The van der Waals surface area contributed by atoms with Gasteiger partial charge in [-0.25, -0.2) is 0 Å². The number of piperidine rings is 1. The molecule has 1 heterocycles. The molecule has 0 amide bonds. The molecule has 4 nitrogen and oxygen atoms in total. The molecule has 1 fully saturated rings. The largest absolute Gasteiger partial charge is 0.468 e.